The van der Waals surface area contributed by atoms with Crippen molar-refractivity contribution in [1.82, 2.24) is 10.2 Å². The first-order chi connectivity index (χ1) is 27.8. The Balaban J connectivity index is 1.19. The molecule has 7 heterocycles. The second-order valence-electron chi connectivity index (χ2n) is 16.7. The average Bonchev–Trinajstić information content (AvgIpc) is 3.95. The Hall–Kier alpha value is -3.68. The highest BCUT2D eigenvalue weighted by atomic mass is 33.1. The number of aliphatic hydroxyl groups is 2. The third-order valence-electron chi connectivity index (χ3n) is 13.0. The topological polar surface area (TPSA) is 130 Å². The number of fused-ring (bicyclic) bond motifs is 4. The van der Waals surface area contributed by atoms with Crippen molar-refractivity contribution < 1.29 is 24.5 Å². The summed E-state index contributed by atoms with van der Waals surface area (Å²) in [4.78, 5) is 20.5. The number of ether oxygens (including phenoxy) is 2. The van der Waals surface area contributed by atoms with Gasteiger partial charge >= 0.3 is 0 Å². The zero-order valence-corrected chi connectivity index (χ0v) is 34.3. The van der Waals surface area contributed by atoms with Gasteiger partial charge in [-0.1, -0.05) is 96.6 Å². The minimum Gasteiger partial charge on any atom is -0.465 e. The highest BCUT2D eigenvalue weighted by Crippen LogP contribution is 2.51. The van der Waals surface area contributed by atoms with Crippen LogP contribution < -0.4 is 20.5 Å². The summed E-state index contributed by atoms with van der Waals surface area (Å²) in [5, 5.41) is 26.3. The summed E-state index contributed by atoms with van der Waals surface area (Å²) in [7, 11) is 3.59. The summed E-state index contributed by atoms with van der Waals surface area (Å²) in [5.74, 6) is 13.1. The molecule has 8 aliphatic rings. The molecular formula is C46H52N4O5S2. The lowest BCUT2D eigenvalue weighted by Gasteiger charge is -2.39. The van der Waals surface area contributed by atoms with Crippen LogP contribution >= 0.6 is 21.6 Å². The number of carbonyl (C=O) groups is 1. The van der Waals surface area contributed by atoms with Gasteiger partial charge in [-0.25, -0.2) is 0 Å². The maximum absolute atomic E-state index is 13.3. The van der Waals surface area contributed by atoms with E-state index in [2.05, 4.69) is 59.3 Å². The Morgan fingerprint density at radius 3 is 2.86 bits per heavy atom. The number of nitrogens with two attached hydrogens (primary N) is 1. The number of aryl methyl sites for hydroxylation is 1. The summed E-state index contributed by atoms with van der Waals surface area (Å²) in [5.41, 5.74) is 15.7. The molecule has 1 spiro atoms. The summed E-state index contributed by atoms with van der Waals surface area (Å²) in [6.07, 6.45) is 13.9. The Bertz CT molecular complexity index is 2150. The van der Waals surface area contributed by atoms with Crippen LogP contribution in [0.5, 0.6) is 11.5 Å². The first-order valence-corrected chi connectivity index (χ1v) is 23.3. The van der Waals surface area contributed by atoms with Crippen LogP contribution in [0.4, 0.5) is 0 Å². The van der Waals surface area contributed by atoms with Crippen molar-refractivity contribution >= 4 is 33.1 Å². The van der Waals surface area contributed by atoms with Gasteiger partial charge in [0.1, 0.15) is 18.0 Å². The average molecular weight is 805 g/mol. The first-order valence-electron chi connectivity index (χ1n) is 20.8. The standard InChI is InChI=1S/C46H52N4O5S2/c1-2-3-4-7-31(51)21-32(52)10-8-28-9-15-41-43-37(28)27-57-56-26-30-23-49-44(47)34-12-11-33-35(42(30)34)20-29-22-48-39-25-50(24-36(29)39)45(55-43)38(13-14-40(33)53)46(18-19-54-41)16-5-6-17-46/h9,11-12,15,22,24,30-31,38,40,44-45,49,51,53H,2-8,10,16-17,20-21,23,25-27,47H2,1H3/t30-,31+,38-,40+,44-,45-/m0/s1. The van der Waals surface area contributed by atoms with Crippen molar-refractivity contribution in [3.63, 3.8) is 0 Å². The fourth-order valence-corrected chi connectivity index (χ4v) is 12.4. The Labute approximate surface area is 344 Å². The number of hydrogen-bond acceptors (Lipinski definition) is 11. The molecule has 0 amide bonds. The van der Waals surface area contributed by atoms with E-state index in [1.807, 2.05) is 29.1 Å². The number of aliphatic hydroxyl groups excluding tert-OH is 2. The van der Waals surface area contributed by atoms with Gasteiger partial charge in [0.2, 0.25) is 0 Å². The SMILES string of the molecule is CCCCC[C@@H](O)CC(=O)CCc1ccc2c3c1CSSC[C@@H]1CN[C@H](N)c4ccc5c(c41)CC1=CN=C4CN(C=C14)[C@@H](O3)[C@H](C#C[C@H]5O)C1(C#CO2)CCCC1. The van der Waals surface area contributed by atoms with E-state index in [0.717, 1.165) is 102 Å². The number of aliphatic imine (C=N–C) groups is 1. The van der Waals surface area contributed by atoms with Gasteiger partial charge in [0.25, 0.3) is 0 Å². The molecule has 298 valence electrons. The molecule has 1 saturated carbocycles. The quantitative estimate of drug-likeness (QED) is 0.118. The number of rotatable bonds is 9. The van der Waals surface area contributed by atoms with Gasteiger partial charge in [0, 0.05) is 66.8 Å². The number of benzene rings is 2. The van der Waals surface area contributed by atoms with Crippen LogP contribution in [0.25, 0.3) is 0 Å². The molecule has 0 unspecified atom stereocenters. The molecule has 10 rings (SSSR count). The minimum absolute atomic E-state index is 0.0640. The molecule has 57 heavy (non-hydrogen) atoms. The molecule has 2 aromatic carbocycles. The summed E-state index contributed by atoms with van der Waals surface area (Å²) >= 11 is 0. The van der Waals surface area contributed by atoms with E-state index in [1.54, 1.807) is 10.8 Å². The van der Waals surface area contributed by atoms with Gasteiger partial charge in [-0.3, -0.25) is 15.1 Å². The van der Waals surface area contributed by atoms with Gasteiger partial charge in [0.15, 0.2) is 17.7 Å². The van der Waals surface area contributed by atoms with Crippen molar-refractivity contribution in [2.45, 2.75) is 120 Å². The Kier molecular flexibility index (Phi) is 11.3. The monoisotopic (exact) mass is 804 g/mol. The molecule has 5 N–H and O–H groups in total. The van der Waals surface area contributed by atoms with Gasteiger partial charge in [-0.15, -0.1) is 0 Å². The van der Waals surface area contributed by atoms with Crippen LogP contribution in [0.2, 0.25) is 0 Å². The highest BCUT2D eigenvalue weighted by molar-refractivity contribution is 8.76. The van der Waals surface area contributed by atoms with Crippen molar-refractivity contribution in [1.29, 1.82) is 0 Å². The molecule has 11 heteroatoms. The lowest BCUT2D eigenvalue weighted by atomic mass is 9.73. The molecule has 1 aliphatic carbocycles. The largest absolute Gasteiger partial charge is 0.465 e. The number of nitrogens with one attached hydrogen (secondary N) is 1. The fourth-order valence-electron chi connectivity index (χ4n) is 9.90. The van der Waals surface area contributed by atoms with Crippen LogP contribution in [0.3, 0.4) is 0 Å². The number of allylic oxidation sites excluding steroid dienone is 1. The predicted octanol–water partition coefficient (Wildman–Crippen LogP) is 7.12. The summed E-state index contributed by atoms with van der Waals surface area (Å²) < 4.78 is 13.8. The Morgan fingerprint density at radius 2 is 2.00 bits per heavy atom. The van der Waals surface area contributed by atoms with Gasteiger partial charge in [-0.05, 0) is 65.1 Å². The molecule has 9 nitrogen and oxygen atoms in total. The van der Waals surface area contributed by atoms with Crippen molar-refractivity contribution in [3.8, 4) is 35.4 Å². The normalized spacial score (nSPS) is 26.8. The minimum atomic E-state index is -1.02. The maximum Gasteiger partial charge on any atom is 0.187 e. The molecule has 1 fully saturated rings. The second kappa shape index (κ2) is 16.5. The molecule has 0 radical (unpaired) electrons. The zero-order valence-electron chi connectivity index (χ0n) is 32.6. The smallest absolute Gasteiger partial charge is 0.187 e. The van der Waals surface area contributed by atoms with E-state index in [-0.39, 0.29) is 24.3 Å². The second-order valence-corrected chi connectivity index (χ2v) is 19.2. The van der Waals surface area contributed by atoms with Crippen LogP contribution in [0, 0.1) is 35.2 Å². The van der Waals surface area contributed by atoms with E-state index in [4.69, 9.17) is 20.2 Å². The van der Waals surface area contributed by atoms with Crippen molar-refractivity contribution in [2.75, 3.05) is 18.8 Å². The number of carbonyl (C=O) groups excluding carboxylic acids is 1. The van der Waals surface area contributed by atoms with E-state index < -0.39 is 29.8 Å². The zero-order chi connectivity index (χ0) is 39.1. The Morgan fingerprint density at radius 1 is 1.14 bits per heavy atom. The number of Topliss-reactive ketones (excluding diaryl/α,β-unsaturated/α-hetero) is 1. The predicted molar refractivity (Wildman–Crippen MR) is 226 cm³/mol. The van der Waals surface area contributed by atoms with Crippen molar-refractivity contribution in [3.05, 3.63) is 81.2 Å². The summed E-state index contributed by atoms with van der Waals surface area (Å²) in [6, 6.07) is 8.10. The molecule has 0 aromatic heterocycles. The fraction of sp³-hybridized carbons (Fsp3) is 0.522. The molecule has 6 atom stereocenters. The van der Waals surface area contributed by atoms with Gasteiger partial charge in [-0.2, -0.15) is 0 Å². The highest BCUT2D eigenvalue weighted by Gasteiger charge is 2.49. The van der Waals surface area contributed by atoms with E-state index in [0.29, 0.717) is 49.5 Å². The summed E-state index contributed by atoms with van der Waals surface area (Å²) in [6.45, 7) is 3.42. The third kappa shape index (κ3) is 7.57. The van der Waals surface area contributed by atoms with Crippen LogP contribution in [0.1, 0.15) is 123 Å². The van der Waals surface area contributed by atoms with Crippen molar-refractivity contribution in [2.24, 2.45) is 22.1 Å². The van der Waals surface area contributed by atoms with E-state index >= 15 is 0 Å². The number of nitrogens with zero attached hydrogens (tertiary/aromatic N) is 2. The van der Waals surface area contributed by atoms with E-state index in [9.17, 15) is 15.0 Å². The molecule has 8 bridgehead atoms. The number of unbranched alkanes of at least 4 members (excludes halogenated alkanes) is 2. The van der Waals surface area contributed by atoms with Crippen LogP contribution in [0.15, 0.2) is 52.8 Å². The van der Waals surface area contributed by atoms with Gasteiger partial charge < -0.3 is 30.3 Å². The van der Waals surface area contributed by atoms with Crippen LogP contribution in [-0.2, 0) is 23.4 Å². The first kappa shape index (κ1) is 38.8. The third-order valence-corrected chi connectivity index (χ3v) is 15.4. The molecule has 2 aromatic rings. The number of ketones is 1. The molecule has 0 saturated heterocycles. The lowest BCUT2D eigenvalue weighted by Crippen LogP contribution is -2.47. The lowest BCUT2D eigenvalue weighted by molar-refractivity contribution is -0.121. The molecular weight excluding hydrogens is 753 g/mol. The van der Waals surface area contributed by atoms with Gasteiger partial charge in [0.05, 0.1) is 35.9 Å². The molecule has 7 aliphatic heterocycles. The van der Waals surface area contributed by atoms with E-state index in [1.165, 1.54) is 5.56 Å². The number of hydrogen-bond donors (Lipinski definition) is 4. The maximum atomic E-state index is 13.3. The van der Waals surface area contributed by atoms with Crippen LogP contribution in [-0.4, -0.2) is 57.8 Å².